The number of carbonyl (C=O) groups is 1. The first-order chi connectivity index (χ1) is 12.6. The van der Waals surface area contributed by atoms with E-state index < -0.39 is 6.10 Å². The number of amides is 1. The van der Waals surface area contributed by atoms with E-state index in [1.807, 2.05) is 24.3 Å². The molecule has 2 atom stereocenters. The first-order valence-corrected chi connectivity index (χ1v) is 10.4. The maximum absolute atomic E-state index is 12.5. The number of halogens is 1. The number of hydrogen-bond acceptors (Lipinski definition) is 5. The van der Waals surface area contributed by atoms with Crippen molar-refractivity contribution >= 4 is 33.2 Å². The van der Waals surface area contributed by atoms with Crippen LogP contribution in [0.25, 0.3) is 0 Å². The molecule has 2 aromatic rings. The molecule has 3 rings (SSSR count). The van der Waals surface area contributed by atoms with Crippen LogP contribution in [0.3, 0.4) is 0 Å². The van der Waals surface area contributed by atoms with Crippen LogP contribution < -0.4 is 10.1 Å². The van der Waals surface area contributed by atoms with Gasteiger partial charge >= 0.3 is 0 Å². The lowest BCUT2D eigenvalue weighted by molar-refractivity contribution is -0.127. The highest BCUT2D eigenvalue weighted by Crippen LogP contribution is 2.25. The maximum Gasteiger partial charge on any atom is 0.260 e. The standard InChI is InChI=1S/C19H23BrN2O3S/c1-14(25-16-6-4-15(20)5-7-16)19(23)21-13-17(18-3-2-12-26-18)22-8-10-24-11-9-22/h2-7,12,14,17H,8-11,13H2,1H3,(H,21,23)/t14-,17-/m1/s1. The van der Waals surface area contributed by atoms with Crippen LogP contribution >= 0.6 is 27.3 Å². The van der Waals surface area contributed by atoms with Gasteiger partial charge in [0.25, 0.3) is 5.91 Å². The molecule has 1 N–H and O–H groups in total. The molecule has 5 nitrogen and oxygen atoms in total. The molecule has 1 aliphatic rings. The highest BCUT2D eigenvalue weighted by atomic mass is 79.9. The third kappa shape index (κ3) is 5.30. The molecular weight excluding hydrogens is 416 g/mol. The van der Waals surface area contributed by atoms with E-state index in [0.717, 1.165) is 30.8 Å². The zero-order valence-electron chi connectivity index (χ0n) is 14.7. The Morgan fingerprint density at radius 1 is 1.31 bits per heavy atom. The third-order valence-corrected chi connectivity index (χ3v) is 5.83. The Morgan fingerprint density at radius 3 is 2.69 bits per heavy atom. The van der Waals surface area contributed by atoms with Gasteiger partial charge in [-0.15, -0.1) is 11.3 Å². The number of hydrogen-bond donors (Lipinski definition) is 1. The summed E-state index contributed by atoms with van der Waals surface area (Å²) in [6.07, 6.45) is -0.551. The van der Waals surface area contributed by atoms with Crippen molar-refractivity contribution in [1.29, 1.82) is 0 Å². The molecular formula is C19H23BrN2O3S. The van der Waals surface area contributed by atoms with Crippen molar-refractivity contribution in [3.63, 3.8) is 0 Å². The molecule has 1 aromatic carbocycles. The summed E-state index contributed by atoms with van der Waals surface area (Å²) in [6.45, 7) is 5.56. The molecule has 1 fully saturated rings. The second kappa shape index (κ2) is 9.50. The summed E-state index contributed by atoms with van der Waals surface area (Å²) in [5.41, 5.74) is 0. The fraction of sp³-hybridized carbons (Fsp3) is 0.421. The Kier molecular flexibility index (Phi) is 7.07. The molecule has 2 heterocycles. The van der Waals surface area contributed by atoms with Gasteiger partial charge in [-0.2, -0.15) is 0 Å². The molecule has 0 unspecified atom stereocenters. The van der Waals surface area contributed by atoms with Gasteiger partial charge in [0, 0.05) is 29.0 Å². The Balaban J connectivity index is 1.57. The van der Waals surface area contributed by atoms with Crippen LogP contribution in [0.5, 0.6) is 5.75 Å². The van der Waals surface area contributed by atoms with E-state index in [1.54, 1.807) is 18.3 Å². The van der Waals surface area contributed by atoms with Crippen LogP contribution in [0.4, 0.5) is 0 Å². The van der Waals surface area contributed by atoms with E-state index in [1.165, 1.54) is 4.88 Å². The van der Waals surface area contributed by atoms with Crippen LogP contribution in [0.1, 0.15) is 17.8 Å². The highest BCUT2D eigenvalue weighted by Gasteiger charge is 2.25. The fourth-order valence-electron chi connectivity index (χ4n) is 2.89. The van der Waals surface area contributed by atoms with E-state index in [9.17, 15) is 4.79 Å². The van der Waals surface area contributed by atoms with Crippen molar-refractivity contribution in [2.24, 2.45) is 0 Å². The van der Waals surface area contributed by atoms with Crippen molar-refractivity contribution in [3.05, 3.63) is 51.1 Å². The lowest BCUT2D eigenvalue weighted by Gasteiger charge is -2.34. The predicted molar refractivity (Wildman–Crippen MR) is 107 cm³/mol. The average Bonchev–Trinajstić information content (AvgIpc) is 3.19. The summed E-state index contributed by atoms with van der Waals surface area (Å²) in [5.74, 6) is 0.571. The van der Waals surface area contributed by atoms with E-state index in [2.05, 4.69) is 43.7 Å². The number of carbonyl (C=O) groups excluding carboxylic acids is 1. The molecule has 140 valence electrons. The number of nitrogens with one attached hydrogen (secondary N) is 1. The van der Waals surface area contributed by atoms with Crippen molar-refractivity contribution in [2.75, 3.05) is 32.8 Å². The smallest absolute Gasteiger partial charge is 0.260 e. The molecule has 1 aliphatic heterocycles. The first-order valence-electron chi connectivity index (χ1n) is 8.68. The van der Waals surface area contributed by atoms with Gasteiger partial charge < -0.3 is 14.8 Å². The van der Waals surface area contributed by atoms with Gasteiger partial charge in [0.2, 0.25) is 0 Å². The monoisotopic (exact) mass is 438 g/mol. The normalized spacial score (nSPS) is 17.5. The Bertz CT molecular complexity index is 687. The van der Waals surface area contributed by atoms with Gasteiger partial charge in [-0.1, -0.05) is 22.0 Å². The molecule has 0 spiro atoms. The third-order valence-electron chi connectivity index (χ3n) is 4.32. The SMILES string of the molecule is C[C@@H](Oc1ccc(Br)cc1)C(=O)NC[C@H](c1cccs1)N1CCOCC1. The Labute approximate surface area is 166 Å². The average molecular weight is 439 g/mol. The minimum atomic E-state index is -0.551. The van der Waals surface area contributed by atoms with Gasteiger partial charge in [0.15, 0.2) is 6.10 Å². The summed E-state index contributed by atoms with van der Waals surface area (Å²) in [7, 11) is 0. The van der Waals surface area contributed by atoms with Crippen LogP contribution in [0, 0.1) is 0 Å². The summed E-state index contributed by atoms with van der Waals surface area (Å²) >= 11 is 5.11. The second-order valence-corrected chi connectivity index (χ2v) is 8.03. The number of rotatable bonds is 7. The number of thiophene rings is 1. The Hall–Kier alpha value is -1.41. The maximum atomic E-state index is 12.5. The molecule has 1 saturated heterocycles. The molecule has 0 bridgehead atoms. The number of nitrogens with zero attached hydrogens (tertiary/aromatic N) is 1. The van der Waals surface area contributed by atoms with Gasteiger partial charge in [-0.25, -0.2) is 0 Å². The molecule has 7 heteroatoms. The van der Waals surface area contributed by atoms with Crippen LogP contribution in [-0.2, 0) is 9.53 Å². The van der Waals surface area contributed by atoms with Gasteiger partial charge in [-0.3, -0.25) is 9.69 Å². The molecule has 0 aliphatic carbocycles. The summed E-state index contributed by atoms with van der Waals surface area (Å²) in [6, 6.07) is 11.8. The van der Waals surface area contributed by atoms with Crippen LogP contribution in [0.15, 0.2) is 46.3 Å². The molecule has 0 radical (unpaired) electrons. The van der Waals surface area contributed by atoms with Crippen LogP contribution in [0.2, 0.25) is 0 Å². The first kappa shape index (κ1) is 19.4. The summed E-state index contributed by atoms with van der Waals surface area (Å²) in [5, 5.41) is 5.12. The van der Waals surface area contributed by atoms with E-state index in [4.69, 9.17) is 9.47 Å². The quantitative estimate of drug-likeness (QED) is 0.718. The summed E-state index contributed by atoms with van der Waals surface area (Å²) < 4.78 is 12.2. The molecule has 1 amide bonds. The Morgan fingerprint density at radius 2 is 2.04 bits per heavy atom. The van der Waals surface area contributed by atoms with Gasteiger partial charge in [0.05, 0.1) is 19.3 Å². The molecule has 26 heavy (non-hydrogen) atoms. The highest BCUT2D eigenvalue weighted by molar-refractivity contribution is 9.10. The van der Waals surface area contributed by atoms with Crippen molar-refractivity contribution < 1.29 is 14.3 Å². The zero-order chi connectivity index (χ0) is 18.4. The van der Waals surface area contributed by atoms with Crippen molar-refractivity contribution in [1.82, 2.24) is 10.2 Å². The number of ether oxygens (including phenoxy) is 2. The predicted octanol–water partition coefficient (Wildman–Crippen LogP) is 3.47. The van der Waals surface area contributed by atoms with Crippen molar-refractivity contribution in [2.45, 2.75) is 19.1 Å². The minimum Gasteiger partial charge on any atom is -0.481 e. The van der Waals surface area contributed by atoms with E-state index in [-0.39, 0.29) is 11.9 Å². The molecule has 0 saturated carbocycles. The lowest BCUT2D eigenvalue weighted by Crippen LogP contribution is -2.45. The van der Waals surface area contributed by atoms with Gasteiger partial charge in [0.1, 0.15) is 5.75 Å². The van der Waals surface area contributed by atoms with Gasteiger partial charge in [-0.05, 0) is 42.6 Å². The second-order valence-electron chi connectivity index (χ2n) is 6.14. The lowest BCUT2D eigenvalue weighted by atomic mass is 10.2. The van der Waals surface area contributed by atoms with Crippen molar-refractivity contribution in [3.8, 4) is 5.75 Å². The zero-order valence-corrected chi connectivity index (χ0v) is 17.1. The fourth-order valence-corrected chi connectivity index (χ4v) is 4.02. The summed E-state index contributed by atoms with van der Waals surface area (Å²) in [4.78, 5) is 16.1. The topological polar surface area (TPSA) is 50.8 Å². The molecule has 1 aromatic heterocycles. The number of benzene rings is 1. The van der Waals surface area contributed by atoms with E-state index in [0.29, 0.717) is 12.3 Å². The number of morpholine rings is 1. The largest absolute Gasteiger partial charge is 0.481 e. The van der Waals surface area contributed by atoms with Crippen LogP contribution in [-0.4, -0.2) is 49.8 Å². The van der Waals surface area contributed by atoms with E-state index >= 15 is 0 Å². The minimum absolute atomic E-state index is 0.109.